The summed E-state index contributed by atoms with van der Waals surface area (Å²) in [5.41, 5.74) is 2.79. The average Bonchev–Trinajstić information content (AvgIpc) is 3.08. The summed E-state index contributed by atoms with van der Waals surface area (Å²) in [6.07, 6.45) is 1.59. The largest absolute Gasteiger partial charge is 0.444 e. The Morgan fingerprint density at radius 1 is 1.18 bits per heavy atom. The number of aryl methyl sites for hydroxylation is 1. The summed E-state index contributed by atoms with van der Waals surface area (Å²) >= 11 is 0. The molecule has 0 aliphatic heterocycles. The van der Waals surface area contributed by atoms with Gasteiger partial charge in [-0.2, -0.15) is 0 Å². The molecule has 0 amide bonds. The number of hydrogen-bond donors (Lipinski definition) is 2. The van der Waals surface area contributed by atoms with Crippen molar-refractivity contribution in [3.05, 3.63) is 41.8 Å². The maximum atomic E-state index is 12.2. The topological polar surface area (TPSA) is 96.6 Å². The van der Waals surface area contributed by atoms with Gasteiger partial charge in [-0.05, 0) is 46.8 Å². The minimum Gasteiger partial charge on any atom is -0.444 e. The number of rotatable bonds is 7. The van der Waals surface area contributed by atoms with Crippen LogP contribution in [0.1, 0.15) is 39.0 Å². The zero-order valence-electron chi connectivity index (χ0n) is 17.2. The van der Waals surface area contributed by atoms with Crippen LogP contribution in [-0.2, 0) is 16.4 Å². The molecule has 0 spiro atoms. The molecule has 0 saturated heterocycles. The molecule has 0 unspecified atom stereocenters. The van der Waals surface area contributed by atoms with Crippen molar-refractivity contribution in [2.45, 2.75) is 45.9 Å². The van der Waals surface area contributed by atoms with Gasteiger partial charge < -0.3 is 15.1 Å². The molecule has 2 aromatic rings. The van der Waals surface area contributed by atoms with Crippen molar-refractivity contribution in [3.63, 3.8) is 0 Å². The van der Waals surface area contributed by atoms with Gasteiger partial charge in [-0.25, -0.2) is 18.4 Å². The first-order valence-corrected chi connectivity index (χ1v) is 11.0. The maximum absolute atomic E-state index is 12.2. The lowest BCUT2D eigenvalue weighted by atomic mass is 10.1. The van der Waals surface area contributed by atoms with Gasteiger partial charge in [0.15, 0.2) is 15.8 Å². The summed E-state index contributed by atoms with van der Waals surface area (Å²) in [6, 6.07) is 7.96. The fourth-order valence-corrected chi connectivity index (χ4v) is 3.30. The number of aromatic nitrogens is 1. The van der Waals surface area contributed by atoms with Gasteiger partial charge in [0, 0.05) is 18.7 Å². The standard InChI is InChI=1S/C20H30N4O3S/c1-6-21-19(22-11-12-28(25,26)20(3,4)5)23-13-17-14-27-18(24-17)16-9-7-15(2)8-10-16/h7-10,14H,6,11-13H2,1-5H3,(H2,21,22,23). The monoisotopic (exact) mass is 406 g/mol. The Balaban J connectivity index is 1.98. The third kappa shape index (κ3) is 6.09. The molecule has 1 aromatic carbocycles. The first-order valence-electron chi connectivity index (χ1n) is 9.38. The second-order valence-electron chi connectivity index (χ2n) is 7.56. The quantitative estimate of drug-likeness (QED) is 0.542. The van der Waals surface area contributed by atoms with Gasteiger partial charge in [0.2, 0.25) is 5.89 Å². The number of sulfone groups is 1. The van der Waals surface area contributed by atoms with Crippen LogP contribution in [0.3, 0.4) is 0 Å². The molecule has 0 bridgehead atoms. The molecule has 0 aliphatic carbocycles. The lowest BCUT2D eigenvalue weighted by Gasteiger charge is -2.19. The number of oxazole rings is 1. The molecule has 0 atom stereocenters. The number of nitrogens with one attached hydrogen (secondary N) is 2. The first kappa shape index (κ1) is 21.9. The van der Waals surface area contributed by atoms with Crippen molar-refractivity contribution in [2.24, 2.45) is 4.99 Å². The van der Waals surface area contributed by atoms with Crippen LogP contribution in [0.25, 0.3) is 11.5 Å². The van der Waals surface area contributed by atoms with E-state index in [1.165, 1.54) is 5.56 Å². The minimum absolute atomic E-state index is 0.0441. The van der Waals surface area contributed by atoms with Gasteiger partial charge in [-0.15, -0.1) is 0 Å². The fraction of sp³-hybridized carbons (Fsp3) is 0.500. The number of nitrogens with zero attached hydrogens (tertiary/aromatic N) is 2. The Morgan fingerprint density at radius 3 is 2.46 bits per heavy atom. The third-order valence-corrected chi connectivity index (χ3v) is 6.80. The predicted molar refractivity (Wildman–Crippen MR) is 113 cm³/mol. The predicted octanol–water partition coefficient (Wildman–Crippen LogP) is 2.92. The minimum atomic E-state index is -3.18. The lowest BCUT2D eigenvalue weighted by Crippen LogP contribution is -2.41. The Labute approximate surface area is 167 Å². The third-order valence-electron chi connectivity index (χ3n) is 4.19. The van der Waals surface area contributed by atoms with Crippen molar-refractivity contribution >= 4 is 15.8 Å². The Hall–Kier alpha value is -2.35. The lowest BCUT2D eigenvalue weighted by molar-refractivity contribution is 0.559. The Kier molecular flexibility index (Phi) is 7.23. The van der Waals surface area contributed by atoms with Crippen LogP contribution in [0.4, 0.5) is 0 Å². The molecule has 8 heteroatoms. The number of guanidine groups is 1. The summed E-state index contributed by atoms with van der Waals surface area (Å²) in [5.74, 6) is 1.15. The molecule has 0 saturated carbocycles. The zero-order chi connectivity index (χ0) is 20.8. The highest BCUT2D eigenvalue weighted by molar-refractivity contribution is 7.92. The van der Waals surface area contributed by atoms with E-state index in [4.69, 9.17) is 4.42 Å². The van der Waals surface area contributed by atoms with Gasteiger partial charge in [0.1, 0.15) is 12.0 Å². The van der Waals surface area contributed by atoms with Crippen molar-refractivity contribution < 1.29 is 12.8 Å². The average molecular weight is 407 g/mol. The van der Waals surface area contributed by atoms with E-state index in [1.807, 2.05) is 38.1 Å². The van der Waals surface area contributed by atoms with E-state index < -0.39 is 14.6 Å². The van der Waals surface area contributed by atoms with Crippen LogP contribution in [0, 0.1) is 6.92 Å². The van der Waals surface area contributed by atoms with Crippen LogP contribution in [-0.4, -0.2) is 43.0 Å². The van der Waals surface area contributed by atoms with E-state index in [0.29, 0.717) is 37.2 Å². The summed E-state index contributed by atoms with van der Waals surface area (Å²) in [6.45, 7) is 10.4. The molecular weight excluding hydrogens is 376 g/mol. The Bertz CT molecular complexity index is 894. The van der Waals surface area contributed by atoms with Gasteiger partial charge in [-0.1, -0.05) is 17.7 Å². The molecule has 28 heavy (non-hydrogen) atoms. The van der Waals surface area contributed by atoms with E-state index in [2.05, 4.69) is 20.6 Å². The number of benzene rings is 1. The molecule has 1 heterocycles. The molecule has 2 rings (SSSR count). The highest BCUT2D eigenvalue weighted by atomic mass is 32.2. The van der Waals surface area contributed by atoms with Gasteiger partial charge in [-0.3, -0.25) is 0 Å². The summed E-state index contributed by atoms with van der Waals surface area (Å²) < 4.78 is 29.2. The molecule has 1 aromatic heterocycles. The van der Waals surface area contributed by atoms with Crippen LogP contribution in [0.5, 0.6) is 0 Å². The van der Waals surface area contributed by atoms with E-state index in [0.717, 1.165) is 5.56 Å². The second kappa shape index (κ2) is 9.23. The normalized spacial score (nSPS) is 12.8. The fourth-order valence-electron chi connectivity index (χ4n) is 2.32. The smallest absolute Gasteiger partial charge is 0.226 e. The van der Waals surface area contributed by atoms with Crippen LogP contribution < -0.4 is 10.6 Å². The van der Waals surface area contributed by atoms with E-state index in [1.54, 1.807) is 27.0 Å². The van der Waals surface area contributed by atoms with Crippen molar-refractivity contribution in [1.29, 1.82) is 0 Å². The molecule has 7 nitrogen and oxygen atoms in total. The van der Waals surface area contributed by atoms with Crippen LogP contribution in [0.15, 0.2) is 39.9 Å². The molecular formula is C20H30N4O3S. The molecule has 0 radical (unpaired) electrons. The van der Waals surface area contributed by atoms with E-state index in [-0.39, 0.29) is 5.75 Å². The molecule has 0 aliphatic rings. The number of hydrogen-bond acceptors (Lipinski definition) is 5. The first-order chi connectivity index (χ1) is 13.1. The molecule has 0 fully saturated rings. The second-order valence-corrected chi connectivity index (χ2v) is 10.4. The van der Waals surface area contributed by atoms with Crippen molar-refractivity contribution in [3.8, 4) is 11.5 Å². The SMILES string of the molecule is CCNC(=NCc1coc(-c2ccc(C)cc2)n1)NCCS(=O)(=O)C(C)(C)C. The van der Waals surface area contributed by atoms with Gasteiger partial charge in [0.25, 0.3) is 0 Å². The van der Waals surface area contributed by atoms with Gasteiger partial charge in [0.05, 0.1) is 17.0 Å². The maximum Gasteiger partial charge on any atom is 0.226 e. The van der Waals surface area contributed by atoms with E-state index in [9.17, 15) is 8.42 Å². The highest BCUT2D eigenvalue weighted by Gasteiger charge is 2.28. The molecule has 2 N–H and O–H groups in total. The van der Waals surface area contributed by atoms with E-state index >= 15 is 0 Å². The molecule has 154 valence electrons. The van der Waals surface area contributed by atoms with Crippen LogP contribution in [0.2, 0.25) is 0 Å². The Morgan fingerprint density at radius 2 is 1.86 bits per heavy atom. The summed E-state index contributed by atoms with van der Waals surface area (Å²) in [7, 11) is -3.18. The summed E-state index contributed by atoms with van der Waals surface area (Å²) in [4.78, 5) is 8.93. The van der Waals surface area contributed by atoms with Gasteiger partial charge >= 0.3 is 0 Å². The van der Waals surface area contributed by atoms with Crippen molar-refractivity contribution in [1.82, 2.24) is 15.6 Å². The zero-order valence-corrected chi connectivity index (χ0v) is 18.1. The van der Waals surface area contributed by atoms with Crippen molar-refractivity contribution in [2.75, 3.05) is 18.8 Å². The highest BCUT2D eigenvalue weighted by Crippen LogP contribution is 2.19. The van der Waals surface area contributed by atoms with Crippen LogP contribution >= 0.6 is 0 Å². The number of aliphatic imine (C=N–C) groups is 1. The summed E-state index contributed by atoms with van der Waals surface area (Å²) in [5, 5.41) is 6.17.